The molecule has 1 saturated heterocycles. The molecule has 1 aromatic rings. The summed E-state index contributed by atoms with van der Waals surface area (Å²) in [6.07, 6.45) is 0.939. The molecule has 0 spiro atoms. The highest BCUT2D eigenvalue weighted by atomic mass is 16.5. The molecule has 90 valence electrons. The van der Waals surface area contributed by atoms with Gasteiger partial charge in [-0.25, -0.2) is 0 Å². The molecular weight excluding hydrogens is 218 g/mol. The summed E-state index contributed by atoms with van der Waals surface area (Å²) >= 11 is 0. The van der Waals surface area contributed by atoms with Crippen molar-refractivity contribution in [3.8, 4) is 5.75 Å². The zero-order valence-corrected chi connectivity index (χ0v) is 9.74. The summed E-state index contributed by atoms with van der Waals surface area (Å²) in [6.45, 7) is 1.09. The summed E-state index contributed by atoms with van der Waals surface area (Å²) in [4.78, 5) is 2.75. The molecule has 0 aromatic heterocycles. The standard InChI is InChI=1S/C12H15N3O2/c1-16-11-4-2-3-9(5-11)10-6-12(17-8-10)7-14-15-13/h2-5,10,12H,6-8H2,1H3. The zero-order valence-electron chi connectivity index (χ0n) is 9.74. The van der Waals surface area contributed by atoms with Crippen LogP contribution in [0.1, 0.15) is 17.9 Å². The predicted molar refractivity (Wildman–Crippen MR) is 64.1 cm³/mol. The van der Waals surface area contributed by atoms with E-state index in [1.807, 2.05) is 18.2 Å². The Balaban J connectivity index is 2.01. The molecule has 1 fully saturated rings. The summed E-state index contributed by atoms with van der Waals surface area (Å²) in [6, 6.07) is 8.02. The van der Waals surface area contributed by atoms with Gasteiger partial charge in [-0.2, -0.15) is 0 Å². The first kappa shape index (κ1) is 11.8. The molecule has 1 aliphatic rings. The minimum atomic E-state index is 0.0436. The third-order valence-corrected chi connectivity index (χ3v) is 2.99. The molecule has 1 heterocycles. The first-order valence-corrected chi connectivity index (χ1v) is 5.60. The number of hydrogen-bond donors (Lipinski definition) is 0. The van der Waals surface area contributed by atoms with Crippen LogP contribution in [0.15, 0.2) is 29.4 Å². The van der Waals surface area contributed by atoms with Gasteiger partial charge in [-0.15, -0.1) is 0 Å². The maximum atomic E-state index is 8.26. The van der Waals surface area contributed by atoms with Crippen molar-refractivity contribution < 1.29 is 9.47 Å². The molecule has 0 bridgehead atoms. The molecule has 0 saturated carbocycles. The number of rotatable bonds is 4. The lowest BCUT2D eigenvalue weighted by Gasteiger charge is -2.09. The Labute approximate surface area is 100.0 Å². The van der Waals surface area contributed by atoms with Crippen molar-refractivity contribution in [1.82, 2.24) is 0 Å². The molecule has 1 aromatic carbocycles. The van der Waals surface area contributed by atoms with E-state index < -0.39 is 0 Å². The van der Waals surface area contributed by atoms with Crippen LogP contribution < -0.4 is 4.74 Å². The van der Waals surface area contributed by atoms with Gasteiger partial charge >= 0.3 is 0 Å². The van der Waals surface area contributed by atoms with Gasteiger partial charge in [0.1, 0.15) is 5.75 Å². The minimum Gasteiger partial charge on any atom is -0.497 e. The predicted octanol–water partition coefficient (Wildman–Crippen LogP) is 2.88. The second-order valence-electron chi connectivity index (χ2n) is 4.08. The van der Waals surface area contributed by atoms with Crippen LogP contribution in [0, 0.1) is 0 Å². The van der Waals surface area contributed by atoms with Crippen molar-refractivity contribution in [2.75, 3.05) is 20.3 Å². The molecule has 5 heteroatoms. The van der Waals surface area contributed by atoms with Crippen LogP contribution in [-0.4, -0.2) is 26.4 Å². The fraction of sp³-hybridized carbons (Fsp3) is 0.500. The van der Waals surface area contributed by atoms with Crippen LogP contribution in [0.4, 0.5) is 0 Å². The highest BCUT2D eigenvalue weighted by Crippen LogP contribution is 2.31. The van der Waals surface area contributed by atoms with Gasteiger partial charge in [0, 0.05) is 10.8 Å². The van der Waals surface area contributed by atoms with Gasteiger partial charge in [-0.1, -0.05) is 17.2 Å². The van der Waals surface area contributed by atoms with E-state index in [1.54, 1.807) is 7.11 Å². The maximum Gasteiger partial charge on any atom is 0.119 e. The van der Waals surface area contributed by atoms with Gasteiger partial charge in [0.2, 0.25) is 0 Å². The Kier molecular flexibility index (Phi) is 3.85. The number of ether oxygens (including phenoxy) is 2. The third kappa shape index (κ3) is 2.90. The Morgan fingerprint density at radius 2 is 2.47 bits per heavy atom. The van der Waals surface area contributed by atoms with E-state index in [9.17, 15) is 0 Å². The molecule has 0 aliphatic carbocycles. The highest BCUT2D eigenvalue weighted by molar-refractivity contribution is 5.31. The number of azide groups is 1. The first-order valence-electron chi connectivity index (χ1n) is 5.60. The first-order chi connectivity index (χ1) is 8.33. The Hall–Kier alpha value is -1.71. The normalized spacial score (nSPS) is 23.1. The summed E-state index contributed by atoms with van der Waals surface area (Å²) in [5.41, 5.74) is 9.48. The Morgan fingerprint density at radius 3 is 3.24 bits per heavy atom. The second-order valence-corrected chi connectivity index (χ2v) is 4.08. The quantitative estimate of drug-likeness (QED) is 0.456. The second kappa shape index (κ2) is 5.57. The molecule has 2 unspecified atom stereocenters. The van der Waals surface area contributed by atoms with Gasteiger partial charge in [0.25, 0.3) is 0 Å². The largest absolute Gasteiger partial charge is 0.497 e. The topological polar surface area (TPSA) is 67.2 Å². The van der Waals surface area contributed by atoms with Crippen molar-refractivity contribution in [3.05, 3.63) is 40.3 Å². The fourth-order valence-corrected chi connectivity index (χ4v) is 2.09. The van der Waals surface area contributed by atoms with Crippen LogP contribution >= 0.6 is 0 Å². The summed E-state index contributed by atoms with van der Waals surface area (Å²) in [7, 11) is 1.66. The Bertz CT molecular complexity index is 430. The number of nitrogens with zero attached hydrogens (tertiary/aromatic N) is 3. The van der Waals surface area contributed by atoms with E-state index in [4.69, 9.17) is 15.0 Å². The average Bonchev–Trinajstić information content (AvgIpc) is 2.85. The smallest absolute Gasteiger partial charge is 0.119 e. The van der Waals surface area contributed by atoms with Gasteiger partial charge in [0.15, 0.2) is 0 Å². The molecule has 0 amide bonds. The summed E-state index contributed by atoms with van der Waals surface area (Å²) in [5.74, 6) is 1.23. The lowest BCUT2D eigenvalue weighted by Crippen LogP contribution is -2.08. The van der Waals surface area contributed by atoms with Crippen LogP contribution in [0.2, 0.25) is 0 Å². The molecular formula is C12H15N3O2. The molecule has 2 rings (SSSR count). The maximum absolute atomic E-state index is 8.26. The fourth-order valence-electron chi connectivity index (χ4n) is 2.09. The minimum absolute atomic E-state index is 0.0436. The monoisotopic (exact) mass is 233 g/mol. The lowest BCUT2D eigenvalue weighted by atomic mass is 9.96. The van der Waals surface area contributed by atoms with E-state index in [1.165, 1.54) is 5.56 Å². The van der Waals surface area contributed by atoms with E-state index in [2.05, 4.69) is 16.1 Å². The van der Waals surface area contributed by atoms with Crippen molar-refractivity contribution in [1.29, 1.82) is 0 Å². The van der Waals surface area contributed by atoms with Crippen molar-refractivity contribution in [3.63, 3.8) is 0 Å². The molecule has 0 radical (unpaired) electrons. The van der Waals surface area contributed by atoms with Crippen LogP contribution in [0.25, 0.3) is 10.4 Å². The van der Waals surface area contributed by atoms with E-state index >= 15 is 0 Å². The molecule has 17 heavy (non-hydrogen) atoms. The van der Waals surface area contributed by atoms with Crippen molar-refractivity contribution in [2.24, 2.45) is 5.11 Å². The molecule has 2 atom stereocenters. The number of methoxy groups -OCH3 is 1. The number of hydrogen-bond acceptors (Lipinski definition) is 3. The van der Waals surface area contributed by atoms with Gasteiger partial charge in [0.05, 0.1) is 26.4 Å². The summed E-state index contributed by atoms with van der Waals surface area (Å²) in [5, 5.41) is 3.55. The van der Waals surface area contributed by atoms with E-state index in [0.717, 1.165) is 12.2 Å². The Morgan fingerprint density at radius 1 is 1.59 bits per heavy atom. The van der Waals surface area contributed by atoms with Crippen molar-refractivity contribution in [2.45, 2.75) is 18.4 Å². The van der Waals surface area contributed by atoms with Gasteiger partial charge in [-0.05, 0) is 29.6 Å². The van der Waals surface area contributed by atoms with E-state index in [0.29, 0.717) is 19.1 Å². The molecule has 5 nitrogen and oxygen atoms in total. The van der Waals surface area contributed by atoms with Crippen LogP contribution in [0.5, 0.6) is 5.75 Å². The SMILES string of the molecule is COc1cccc(C2COC(CN=[N+]=[N-])C2)c1. The van der Waals surface area contributed by atoms with Gasteiger partial charge < -0.3 is 9.47 Å². The average molecular weight is 233 g/mol. The van der Waals surface area contributed by atoms with Crippen LogP contribution in [0.3, 0.4) is 0 Å². The third-order valence-electron chi connectivity index (χ3n) is 2.99. The van der Waals surface area contributed by atoms with Crippen molar-refractivity contribution >= 4 is 0 Å². The summed E-state index contributed by atoms with van der Waals surface area (Å²) < 4.78 is 10.8. The molecule has 1 aliphatic heterocycles. The zero-order chi connectivity index (χ0) is 12.1. The highest BCUT2D eigenvalue weighted by Gasteiger charge is 2.26. The van der Waals surface area contributed by atoms with Gasteiger partial charge in [-0.3, -0.25) is 0 Å². The van der Waals surface area contributed by atoms with Crippen LogP contribution in [-0.2, 0) is 4.74 Å². The molecule has 0 N–H and O–H groups in total. The van der Waals surface area contributed by atoms with E-state index in [-0.39, 0.29) is 6.10 Å². The number of benzene rings is 1. The lowest BCUT2D eigenvalue weighted by molar-refractivity contribution is 0.116.